The maximum atomic E-state index is 10.6. The van der Waals surface area contributed by atoms with Crippen molar-refractivity contribution < 1.29 is 9.90 Å². The molecule has 0 spiro atoms. The molecule has 5 heteroatoms. The molecular formula is C12H17NO2S2. The molecule has 0 aromatic carbocycles. The highest BCUT2D eigenvalue weighted by Crippen LogP contribution is 2.31. The quantitative estimate of drug-likeness (QED) is 0.892. The van der Waals surface area contributed by atoms with Gasteiger partial charge in [-0.05, 0) is 12.8 Å². The van der Waals surface area contributed by atoms with Gasteiger partial charge in [-0.2, -0.15) is 11.8 Å². The number of carbonyl (C=O) groups is 1. The Morgan fingerprint density at radius 2 is 2.24 bits per heavy atom. The summed E-state index contributed by atoms with van der Waals surface area (Å²) in [6, 6.07) is 0. The Balaban J connectivity index is 1.78. The maximum Gasteiger partial charge on any atom is 0.308 e. The Morgan fingerprint density at radius 1 is 1.47 bits per heavy atom. The summed E-state index contributed by atoms with van der Waals surface area (Å²) < 4.78 is 0. The summed E-state index contributed by atoms with van der Waals surface area (Å²) in [6.07, 6.45) is 8.58. The first kappa shape index (κ1) is 12.9. The number of carboxylic acids is 1. The van der Waals surface area contributed by atoms with Gasteiger partial charge in [0.1, 0.15) is 5.01 Å². The minimum atomic E-state index is -0.778. The van der Waals surface area contributed by atoms with Crippen LogP contribution in [0.5, 0.6) is 0 Å². The second-order valence-electron chi connectivity index (χ2n) is 4.36. The number of aliphatic carboxylic acids is 1. The fourth-order valence-corrected chi connectivity index (χ4v) is 4.33. The van der Waals surface area contributed by atoms with E-state index in [0.717, 1.165) is 20.9 Å². The number of aromatic nitrogens is 1. The molecule has 1 aliphatic carbocycles. The lowest BCUT2D eigenvalue weighted by Crippen LogP contribution is -2.07. The first-order chi connectivity index (χ1) is 8.24. The lowest BCUT2D eigenvalue weighted by molar-refractivity contribution is -0.136. The molecule has 0 radical (unpaired) electrons. The van der Waals surface area contributed by atoms with Crippen molar-refractivity contribution in [3.05, 3.63) is 16.1 Å². The molecule has 0 atom stereocenters. The predicted molar refractivity (Wildman–Crippen MR) is 71.6 cm³/mol. The minimum absolute atomic E-state index is 0.103. The second kappa shape index (κ2) is 6.40. The third-order valence-electron chi connectivity index (χ3n) is 2.92. The Kier molecular flexibility index (Phi) is 4.86. The van der Waals surface area contributed by atoms with Crippen molar-refractivity contribution in [1.82, 2.24) is 4.98 Å². The summed E-state index contributed by atoms with van der Waals surface area (Å²) >= 11 is 3.52. The van der Waals surface area contributed by atoms with Crippen LogP contribution < -0.4 is 0 Å². The molecule has 1 saturated carbocycles. The van der Waals surface area contributed by atoms with E-state index in [4.69, 9.17) is 5.11 Å². The molecule has 1 heterocycles. The number of nitrogens with zero attached hydrogens (tertiary/aromatic N) is 1. The number of thiazole rings is 1. The van der Waals surface area contributed by atoms with Gasteiger partial charge >= 0.3 is 5.97 Å². The van der Waals surface area contributed by atoms with E-state index in [1.807, 2.05) is 11.8 Å². The molecule has 2 rings (SSSR count). The lowest BCUT2D eigenvalue weighted by atomic mass is 10.0. The molecule has 0 amide bonds. The van der Waals surface area contributed by atoms with E-state index >= 15 is 0 Å². The zero-order chi connectivity index (χ0) is 12.1. The predicted octanol–water partition coefficient (Wildman–Crippen LogP) is 3.34. The fourth-order valence-electron chi connectivity index (χ4n) is 2.07. The number of rotatable bonds is 5. The Hall–Kier alpha value is -0.550. The molecule has 17 heavy (non-hydrogen) atoms. The highest BCUT2D eigenvalue weighted by molar-refractivity contribution is 7.99. The van der Waals surface area contributed by atoms with Gasteiger partial charge in [-0.15, -0.1) is 11.3 Å². The van der Waals surface area contributed by atoms with Crippen LogP contribution in [0.4, 0.5) is 0 Å². The van der Waals surface area contributed by atoms with Gasteiger partial charge in [0.15, 0.2) is 0 Å². The monoisotopic (exact) mass is 271 g/mol. The van der Waals surface area contributed by atoms with Crippen LogP contribution in [-0.4, -0.2) is 21.3 Å². The average molecular weight is 271 g/mol. The number of hydrogen-bond acceptors (Lipinski definition) is 4. The van der Waals surface area contributed by atoms with Crippen LogP contribution in [0.1, 0.15) is 42.0 Å². The van der Waals surface area contributed by atoms with Crippen molar-refractivity contribution in [2.45, 2.75) is 49.5 Å². The van der Waals surface area contributed by atoms with Crippen molar-refractivity contribution in [3.63, 3.8) is 0 Å². The van der Waals surface area contributed by atoms with Gasteiger partial charge in [0, 0.05) is 22.1 Å². The molecule has 1 aromatic rings. The van der Waals surface area contributed by atoms with Crippen LogP contribution in [0.15, 0.2) is 6.20 Å². The van der Waals surface area contributed by atoms with Crippen LogP contribution in [0.25, 0.3) is 0 Å². The van der Waals surface area contributed by atoms with Crippen LogP contribution in [0.3, 0.4) is 0 Å². The second-order valence-corrected chi connectivity index (χ2v) is 6.85. The summed E-state index contributed by atoms with van der Waals surface area (Å²) in [5, 5.41) is 10.5. The van der Waals surface area contributed by atoms with Gasteiger partial charge in [0.2, 0.25) is 0 Å². The third kappa shape index (κ3) is 4.32. The van der Waals surface area contributed by atoms with Crippen LogP contribution in [-0.2, 0) is 17.0 Å². The van der Waals surface area contributed by atoms with Crippen LogP contribution in [0.2, 0.25) is 0 Å². The SMILES string of the molecule is O=C(O)Cc1cnc(CSC2CCCCC2)s1. The molecule has 1 fully saturated rings. The molecule has 0 saturated heterocycles. The highest BCUT2D eigenvalue weighted by Gasteiger charge is 2.14. The normalized spacial score (nSPS) is 17.2. The molecule has 94 valence electrons. The number of carboxylic acid groups (broad SMARTS) is 1. The van der Waals surface area contributed by atoms with Gasteiger partial charge in [-0.1, -0.05) is 19.3 Å². The lowest BCUT2D eigenvalue weighted by Gasteiger charge is -2.20. The van der Waals surface area contributed by atoms with Crippen molar-refractivity contribution in [2.75, 3.05) is 0 Å². The highest BCUT2D eigenvalue weighted by atomic mass is 32.2. The Bertz CT molecular complexity index is 372. The summed E-state index contributed by atoms with van der Waals surface area (Å²) in [5.41, 5.74) is 0. The minimum Gasteiger partial charge on any atom is -0.481 e. The largest absolute Gasteiger partial charge is 0.481 e. The van der Waals surface area contributed by atoms with Crippen molar-refractivity contribution in [1.29, 1.82) is 0 Å². The van der Waals surface area contributed by atoms with Gasteiger partial charge in [0.05, 0.1) is 6.42 Å². The van der Waals surface area contributed by atoms with Gasteiger partial charge in [0.25, 0.3) is 0 Å². The zero-order valence-corrected chi connectivity index (χ0v) is 11.4. The first-order valence-electron chi connectivity index (χ1n) is 6.01. The van der Waals surface area contributed by atoms with E-state index in [-0.39, 0.29) is 6.42 Å². The van der Waals surface area contributed by atoms with E-state index < -0.39 is 5.97 Å². The zero-order valence-electron chi connectivity index (χ0n) is 9.72. The molecule has 0 bridgehead atoms. The number of thioether (sulfide) groups is 1. The summed E-state index contributed by atoms with van der Waals surface area (Å²) in [7, 11) is 0. The average Bonchev–Trinajstić information content (AvgIpc) is 2.75. The van der Waals surface area contributed by atoms with E-state index in [1.165, 1.54) is 43.4 Å². The van der Waals surface area contributed by atoms with E-state index in [2.05, 4.69) is 4.98 Å². The molecule has 1 N–H and O–H groups in total. The third-order valence-corrected chi connectivity index (χ3v) is 5.48. The van der Waals surface area contributed by atoms with Crippen molar-refractivity contribution in [2.24, 2.45) is 0 Å². The van der Waals surface area contributed by atoms with E-state index in [0.29, 0.717) is 0 Å². The molecule has 3 nitrogen and oxygen atoms in total. The van der Waals surface area contributed by atoms with Crippen molar-refractivity contribution in [3.8, 4) is 0 Å². The maximum absolute atomic E-state index is 10.6. The molecule has 0 unspecified atom stereocenters. The smallest absolute Gasteiger partial charge is 0.308 e. The van der Waals surface area contributed by atoms with Crippen molar-refractivity contribution >= 4 is 29.1 Å². The standard InChI is InChI=1S/C12H17NO2S2/c14-12(15)6-10-7-13-11(17-10)8-16-9-4-2-1-3-5-9/h7,9H,1-6,8H2,(H,14,15). The van der Waals surface area contributed by atoms with Gasteiger partial charge in [-0.25, -0.2) is 4.98 Å². The molecule has 0 aliphatic heterocycles. The molecule has 1 aliphatic rings. The summed E-state index contributed by atoms with van der Waals surface area (Å²) in [6.45, 7) is 0. The summed E-state index contributed by atoms with van der Waals surface area (Å²) in [5.74, 6) is 0.162. The Morgan fingerprint density at radius 3 is 2.94 bits per heavy atom. The molecular weight excluding hydrogens is 254 g/mol. The van der Waals surface area contributed by atoms with E-state index in [1.54, 1.807) is 6.20 Å². The summed E-state index contributed by atoms with van der Waals surface area (Å²) in [4.78, 5) is 15.7. The van der Waals surface area contributed by atoms with E-state index in [9.17, 15) is 4.79 Å². The Labute approximate surface area is 110 Å². The topological polar surface area (TPSA) is 50.2 Å². The molecule has 1 aromatic heterocycles. The number of hydrogen-bond donors (Lipinski definition) is 1. The first-order valence-corrected chi connectivity index (χ1v) is 7.87. The fraction of sp³-hybridized carbons (Fsp3) is 0.667. The van der Waals surface area contributed by atoms with Gasteiger partial charge < -0.3 is 5.11 Å². The van der Waals surface area contributed by atoms with Crippen LogP contribution >= 0.6 is 23.1 Å². The van der Waals surface area contributed by atoms with Gasteiger partial charge in [-0.3, -0.25) is 4.79 Å². The van der Waals surface area contributed by atoms with Crippen LogP contribution in [0, 0.1) is 0 Å².